The van der Waals surface area contributed by atoms with Gasteiger partial charge in [-0.25, -0.2) is 0 Å². The summed E-state index contributed by atoms with van der Waals surface area (Å²) in [7, 11) is -2.52. The SMILES string of the molecule is CCCn1c(=O)c(C#N)c(C)c2c(OCCCCCCCC[Si-](OCC)(OCC)OCC)cccc21. The maximum absolute atomic E-state index is 12.8. The second-order valence-corrected chi connectivity index (χ2v) is 11.7. The Morgan fingerprint density at radius 2 is 1.53 bits per heavy atom. The normalized spacial score (nSPS) is 11.7. The summed E-state index contributed by atoms with van der Waals surface area (Å²) in [5, 5.41) is 10.4. The molecule has 0 aliphatic carbocycles. The van der Waals surface area contributed by atoms with E-state index in [1.54, 1.807) is 4.57 Å². The van der Waals surface area contributed by atoms with E-state index in [2.05, 4.69) is 6.07 Å². The number of benzene rings is 1. The van der Waals surface area contributed by atoms with Crippen LogP contribution in [0, 0.1) is 18.3 Å². The van der Waals surface area contributed by atoms with Crippen LogP contribution in [0.15, 0.2) is 23.0 Å². The Morgan fingerprint density at radius 1 is 0.917 bits per heavy atom. The van der Waals surface area contributed by atoms with E-state index in [-0.39, 0.29) is 11.1 Å². The van der Waals surface area contributed by atoms with Crippen molar-refractivity contribution in [2.75, 3.05) is 26.4 Å². The third kappa shape index (κ3) is 7.91. The smallest absolute Gasteiger partial charge is 0.281 e. The van der Waals surface area contributed by atoms with Gasteiger partial charge in [0.15, 0.2) is 0 Å². The quantitative estimate of drug-likeness (QED) is 0.169. The van der Waals surface area contributed by atoms with Crippen LogP contribution in [0.2, 0.25) is 6.04 Å². The Hall–Kier alpha value is -2.18. The summed E-state index contributed by atoms with van der Waals surface area (Å²) < 4.78 is 25.7. The highest BCUT2D eigenvalue weighted by Crippen LogP contribution is 2.30. The highest BCUT2D eigenvalue weighted by atomic mass is 28.4. The van der Waals surface area contributed by atoms with Crippen molar-refractivity contribution in [2.45, 2.75) is 92.2 Å². The fraction of sp³-hybridized carbons (Fsp3) is 0.643. The number of aryl methyl sites for hydroxylation is 2. The van der Waals surface area contributed by atoms with Crippen LogP contribution in [0.5, 0.6) is 5.75 Å². The molecule has 0 amide bonds. The van der Waals surface area contributed by atoms with E-state index in [9.17, 15) is 10.1 Å². The first-order valence-electron chi connectivity index (χ1n) is 13.6. The zero-order valence-electron chi connectivity index (χ0n) is 22.9. The van der Waals surface area contributed by atoms with Crippen molar-refractivity contribution in [2.24, 2.45) is 0 Å². The van der Waals surface area contributed by atoms with Crippen molar-refractivity contribution in [1.29, 1.82) is 5.26 Å². The third-order valence-corrected chi connectivity index (χ3v) is 9.44. The molecule has 0 spiro atoms. The van der Waals surface area contributed by atoms with Crippen molar-refractivity contribution >= 4 is 19.7 Å². The van der Waals surface area contributed by atoms with Gasteiger partial charge in [-0.3, -0.25) is 4.79 Å². The van der Waals surface area contributed by atoms with Crippen molar-refractivity contribution < 1.29 is 18.0 Å². The minimum absolute atomic E-state index is 0.206. The third-order valence-electron chi connectivity index (χ3n) is 6.29. The average Bonchev–Trinajstić information content (AvgIpc) is 2.86. The van der Waals surface area contributed by atoms with Gasteiger partial charge < -0.3 is 22.6 Å². The van der Waals surface area contributed by atoms with Crippen molar-refractivity contribution in [3.05, 3.63) is 39.7 Å². The Bertz CT molecular complexity index is 1030. The van der Waals surface area contributed by atoms with Crippen LogP contribution in [-0.2, 0) is 19.8 Å². The molecule has 8 heteroatoms. The fourth-order valence-corrected chi connectivity index (χ4v) is 7.37. The molecule has 0 saturated carbocycles. The summed E-state index contributed by atoms with van der Waals surface area (Å²) in [4.78, 5) is 12.8. The van der Waals surface area contributed by atoms with Crippen LogP contribution >= 0.6 is 0 Å². The van der Waals surface area contributed by atoms with Gasteiger partial charge in [-0.2, -0.15) is 5.26 Å². The lowest BCUT2D eigenvalue weighted by molar-refractivity contribution is 0.0706. The number of hydrogen-bond acceptors (Lipinski definition) is 6. The molecule has 0 aliphatic heterocycles. The molecule has 0 unspecified atom stereocenters. The summed E-state index contributed by atoms with van der Waals surface area (Å²) >= 11 is 0. The summed E-state index contributed by atoms with van der Waals surface area (Å²) in [5.74, 6) is 0.746. The van der Waals surface area contributed by atoms with Gasteiger partial charge in [0.25, 0.3) is 14.4 Å². The first kappa shape index (κ1) is 30.0. The molecule has 0 fully saturated rings. The van der Waals surface area contributed by atoms with E-state index in [0.717, 1.165) is 67.6 Å². The van der Waals surface area contributed by atoms with Gasteiger partial charge in [-0.05, 0) is 58.2 Å². The van der Waals surface area contributed by atoms with Gasteiger partial charge in [0, 0.05) is 31.8 Å². The number of rotatable bonds is 18. The monoisotopic (exact) mass is 516 g/mol. The van der Waals surface area contributed by atoms with E-state index < -0.39 is 8.80 Å². The van der Waals surface area contributed by atoms with Crippen molar-refractivity contribution in [3.63, 3.8) is 0 Å². The molecule has 201 valence electrons. The van der Waals surface area contributed by atoms with Gasteiger partial charge in [0.1, 0.15) is 17.4 Å². The van der Waals surface area contributed by atoms with E-state index in [4.69, 9.17) is 18.0 Å². The van der Waals surface area contributed by atoms with Crippen LogP contribution in [0.3, 0.4) is 0 Å². The molecular weight excluding hydrogens is 472 g/mol. The maximum atomic E-state index is 12.8. The largest absolute Gasteiger partial charge is 0.525 e. The van der Waals surface area contributed by atoms with E-state index >= 15 is 0 Å². The van der Waals surface area contributed by atoms with Crippen LogP contribution in [0.1, 0.15) is 83.8 Å². The van der Waals surface area contributed by atoms with Crippen LogP contribution in [0.4, 0.5) is 0 Å². The van der Waals surface area contributed by atoms with Gasteiger partial charge in [0.05, 0.1) is 12.1 Å². The molecule has 2 rings (SSSR count). The second kappa shape index (κ2) is 15.8. The molecule has 0 N–H and O–H groups in total. The van der Waals surface area contributed by atoms with Crippen molar-refractivity contribution in [3.8, 4) is 11.8 Å². The Labute approximate surface area is 217 Å². The fourth-order valence-electron chi connectivity index (χ4n) is 4.68. The molecule has 1 aromatic heterocycles. The molecule has 0 radical (unpaired) electrons. The molecule has 0 aliphatic rings. The standard InChI is InChI=1S/C28H44N2O5Si/c1-6-19-30-25-17-16-18-26(27(25)23(5)24(22-29)28(30)31)32-20-14-12-10-11-13-15-21-36(33-7-2,34-8-3)35-9-4/h16-18H,6-15,19-21H2,1-5H3/q-1. The minimum atomic E-state index is -2.52. The first-order valence-corrected chi connectivity index (χ1v) is 15.5. The number of nitriles is 1. The van der Waals surface area contributed by atoms with E-state index in [0.29, 0.717) is 38.5 Å². The maximum Gasteiger partial charge on any atom is 0.281 e. The average molecular weight is 517 g/mol. The predicted molar refractivity (Wildman–Crippen MR) is 147 cm³/mol. The van der Waals surface area contributed by atoms with Gasteiger partial charge in [0.2, 0.25) is 0 Å². The van der Waals surface area contributed by atoms with E-state index in [1.165, 1.54) is 0 Å². The molecule has 1 heterocycles. The number of nitrogens with zero attached hydrogens (tertiary/aromatic N) is 2. The second-order valence-electron chi connectivity index (χ2n) is 8.92. The summed E-state index contributed by atoms with van der Waals surface area (Å²) in [6, 6.07) is 8.77. The van der Waals surface area contributed by atoms with Crippen molar-refractivity contribution in [1.82, 2.24) is 4.57 Å². The molecule has 1 aromatic carbocycles. The molecule has 0 saturated heterocycles. The Kier molecular flexibility index (Phi) is 13.2. The topological polar surface area (TPSA) is 82.7 Å². The molecule has 2 aromatic rings. The number of aromatic nitrogens is 1. The number of hydrogen-bond donors (Lipinski definition) is 0. The van der Waals surface area contributed by atoms with Gasteiger partial charge >= 0.3 is 0 Å². The van der Waals surface area contributed by atoms with Gasteiger partial charge in [-0.15, -0.1) is 0 Å². The minimum Gasteiger partial charge on any atom is -0.525 e. The molecular formula is C28H44N2O5Si-. The van der Waals surface area contributed by atoms with Gasteiger partial charge in [-0.1, -0.05) is 51.1 Å². The number of fused-ring (bicyclic) bond motifs is 1. The first-order chi connectivity index (χ1) is 17.5. The summed E-state index contributed by atoms with van der Waals surface area (Å²) in [5.41, 5.74) is 1.52. The molecule has 0 atom stereocenters. The number of ether oxygens (including phenoxy) is 1. The number of pyridine rings is 1. The molecule has 36 heavy (non-hydrogen) atoms. The summed E-state index contributed by atoms with van der Waals surface area (Å²) in [6.07, 6.45) is 7.38. The lowest BCUT2D eigenvalue weighted by Crippen LogP contribution is -2.45. The molecule has 7 nitrogen and oxygen atoms in total. The predicted octanol–water partition coefficient (Wildman–Crippen LogP) is 6.36. The Morgan fingerprint density at radius 3 is 2.11 bits per heavy atom. The van der Waals surface area contributed by atoms with Crippen LogP contribution in [0.25, 0.3) is 10.9 Å². The summed E-state index contributed by atoms with van der Waals surface area (Å²) in [6.45, 7) is 12.9. The Balaban J connectivity index is 1.86. The highest BCUT2D eigenvalue weighted by molar-refractivity contribution is 6.60. The molecule has 0 bridgehead atoms. The number of unbranched alkanes of at least 4 members (excludes halogenated alkanes) is 5. The van der Waals surface area contributed by atoms with E-state index in [1.807, 2.05) is 52.8 Å². The van der Waals surface area contributed by atoms with Crippen LogP contribution in [-0.4, -0.2) is 39.8 Å². The highest BCUT2D eigenvalue weighted by Gasteiger charge is 2.24. The lowest BCUT2D eigenvalue weighted by atomic mass is 10.0. The zero-order chi connectivity index (χ0) is 26.4. The lowest BCUT2D eigenvalue weighted by Gasteiger charge is -2.42. The van der Waals surface area contributed by atoms with Crippen LogP contribution < -0.4 is 10.3 Å². The zero-order valence-corrected chi connectivity index (χ0v) is 23.9.